The van der Waals surface area contributed by atoms with E-state index in [1.165, 1.54) is 35.0 Å². The van der Waals surface area contributed by atoms with Crippen molar-refractivity contribution in [3.63, 3.8) is 0 Å². The molecular weight excluding hydrogens is 908 g/mol. The fourth-order valence-corrected chi connectivity index (χ4v) is 11.1. The van der Waals surface area contributed by atoms with Gasteiger partial charge in [-0.1, -0.05) is 43.2 Å². The van der Waals surface area contributed by atoms with Gasteiger partial charge in [0, 0.05) is 98.8 Å². The number of sulfonamides is 1. The number of benzene rings is 3. The van der Waals surface area contributed by atoms with E-state index in [4.69, 9.17) is 25.8 Å². The van der Waals surface area contributed by atoms with Crippen LogP contribution >= 0.6 is 11.6 Å². The van der Waals surface area contributed by atoms with Gasteiger partial charge in [0.05, 0.1) is 33.7 Å². The number of nitro benzene ring substituents is 1. The Bertz CT molecular complexity index is 2850. The molecule has 5 heterocycles. The maximum atomic E-state index is 14.1. The largest absolute Gasteiger partial charge is 0.493 e. The van der Waals surface area contributed by atoms with Crippen molar-refractivity contribution in [1.82, 2.24) is 19.6 Å². The highest BCUT2D eigenvalue weighted by Crippen LogP contribution is 2.44. The molecule has 0 bridgehead atoms. The number of amides is 1. The standard InChI is InChI=1S/C51H57ClN6O9S/c1-51(2)16-12-37(44(29-51)34-6-8-38(52)9-7-34)31-56-18-20-57(21-19-56)39-10-11-42(48(26-39)67-40-25-36-13-17-53-49(36)54-30-40)50(60)55-68(63,64)41-27-45(58(61)62)43-24-33(32-66-47(43)28-41)4-3-5-46(59)35-14-22-65-23-15-35/h6-11,13,17,25-28,30,33,35H,3-5,12,14-16,18-24,29,31-32H2,1-2H3,(H,53,54)(H,55,60)/t33-/m0/s1. The van der Waals surface area contributed by atoms with Crippen LogP contribution in [-0.2, 0) is 26.0 Å². The molecular formula is C51H57ClN6O9S. The van der Waals surface area contributed by atoms with Crippen molar-refractivity contribution in [2.75, 3.05) is 57.4 Å². The number of nitrogens with zero attached hydrogens (tertiary/aromatic N) is 4. The first-order chi connectivity index (χ1) is 32.7. The van der Waals surface area contributed by atoms with Crippen LogP contribution in [0.1, 0.15) is 86.7 Å². The van der Waals surface area contributed by atoms with Crippen molar-refractivity contribution in [3.05, 3.63) is 117 Å². The number of carbonyl (C=O) groups is 2. The second-order valence-corrected chi connectivity index (χ2v) is 21.4. The molecule has 0 saturated carbocycles. The second-order valence-electron chi connectivity index (χ2n) is 19.3. The van der Waals surface area contributed by atoms with Gasteiger partial charge in [0.25, 0.3) is 21.6 Å². The molecule has 9 rings (SSSR count). The minimum atomic E-state index is -4.66. The van der Waals surface area contributed by atoms with Crippen molar-refractivity contribution in [3.8, 4) is 17.2 Å². The molecule has 2 saturated heterocycles. The average Bonchev–Trinajstić information content (AvgIpc) is 3.80. The van der Waals surface area contributed by atoms with E-state index >= 15 is 0 Å². The zero-order valence-electron chi connectivity index (χ0n) is 38.4. The Kier molecular flexibility index (Phi) is 13.9. The van der Waals surface area contributed by atoms with Gasteiger partial charge >= 0.3 is 0 Å². The molecule has 15 nitrogen and oxygen atoms in total. The molecule has 0 radical (unpaired) electrons. The number of allylic oxidation sites excluding steroid dienone is 1. The normalized spacial score (nSPS) is 19.0. The lowest BCUT2D eigenvalue weighted by Crippen LogP contribution is -2.47. The minimum absolute atomic E-state index is 0.0101. The lowest BCUT2D eigenvalue weighted by Gasteiger charge is -2.39. The van der Waals surface area contributed by atoms with E-state index < -0.39 is 31.4 Å². The summed E-state index contributed by atoms with van der Waals surface area (Å²) in [7, 11) is -4.66. The Morgan fingerprint density at radius 2 is 1.81 bits per heavy atom. The molecule has 1 aliphatic carbocycles. The van der Waals surface area contributed by atoms with Gasteiger partial charge in [-0.15, -0.1) is 0 Å². The highest BCUT2D eigenvalue weighted by Gasteiger charge is 2.34. The Morgan fingerprint density at radius 3 is 2.57 bits per heavy atom. The zero-order chi connectivity index (χ0) is 47.6. The molecule has 2 aromatic heterocycles. The van der Waals surface area contributed by atoms with Crippen LogP contribution in [0.15, 0.2) is 89.6 Å². The summed E-state index contributed by atoms with van der Waals surface area (Å²) in [4.78, 5) is 50.3. The SMILES string of the molecule is CC1(C)CCC(CN2CCN(c3ccc(C(=O)NS(=O)(=O)c4cc5c(c([N+](=O)[O-])c4)C[C@H](CCCC(=O)C4CCOCC4)CO5)c(Oc4cnc5[nH]ccc5c4)c3)CC2)=C(c2ccc(Cl)cc2)C1. The van der Waals surface area contributed by atoms with Gasteiger partial charge in [-0.05, 0) is 110 Å². The van der Waals surface area contributed by atoms with E-state index in [9.17, 15) is 28.1 Å². The van der Waals surface area contributed by atoms with Crippen LogP contribution in [0.3, 0.4) is 0 Å². The van der Waals surface area contributed by atoms with E-state index in [0.29, 0.717) is 57.0 Å². The topological polar surface area (TPSA) is 186 Å². The van der Waals surface area contributed by atoms with Crippen molar-refractivity contribution in [2.45, 2.75) is 76.5 Å². The molecule has 358 valence electrons. The molecule has 0 spiro atoms. The Morgan fingerprint density at radius 1 is 1.03 bits per heavy atom. The van der Waals surface area contributed by atoms with Gasteiger partial charge in [-0.3, -0.25) is 24.6 Å². The molecule has 3 aliphatic heterocycles. The number of anilines is 1. The summed E-state index contributed by atoms with van der Waals surface area (Å²) in [6, 6.07) is 19.0. The van der Waals surface area contributed by atoms with Crippen molar-refractivity contribution < 1.29 is 37.1 Å². The number of aromatic amines is 1. The van der Waals surface area contributed by atoms with Crippen LogP contribution in [0.2, 0.25) is 5.02 Å². The number of ketones is 1. The predicted octanol–water partition coefficient (Wildman–Crippen LogP) is 9.54. The van der Waals surface area contributed by atoms with Crippen LogP contribution in [0.4, 0.5) is 11.4 Å². The maximum absolute atomic E-state index is 14.1. The van der Waals surface area contributed by atoms with Crippen LogP contribution in [0.5, 0.6) is 17.2 Å². The summed E-state index contributed by atoms with van der Waals surface area (Å²) in [5.74, 6) is -0.334. The summed E-state index contributed by atoms with van der Waals surface area (Å²) in [6.07, 6.45) is 9.85. The molecule has 4 aliphatic rings. The number of piperazine rings is 1. The second kappa shape index (κ2) is 20.0. The first-order valence-corrected chi connectivity index (χ1v) is 25.3. The Hall–Kier alpha value is -5.81. The third-order valence-electron chi connectivity index (χ3n) is 13.9. The molecule has 2 N–H and O–H groups in total. The predicted molar refractivity (Wildman–Crippen MR) is 260 cm³/mol. The van der Waals surface area contributed by atoms with Crippen molar-refractivity contribution in [1.29, 1.82) is 0 Å². The smallest absolute Gasteiger partial charge is 0.277 e. The van der Waals surface area contributed by atoms with Crippen molar-refractivity contribution >= 4 is 61.3 Å². The molecule has 68 heavy (non-hydrogen) atoms. The van der Waals surface area contributed by atoms with Crippen molar-refractivity contribution in [2.24, 2.45) is 17.3 Å². The van der Waals surface area contributed by atoms with Crippen LogP contribution in [0.25, 0.3) is 16.6 Å². The van der Waals surface area contributed by atoms with E-state index in [2.05, 4.69) is 50.5 Å². The average molecular weight is 966 g/mol. The number of hydrogen-bond donors (Lipinski definition) is 2. The highest BCUT2D eigenvalue weighted by molar-refractivity contribution is 7.90. The minimum Gasteiger partial charge on any atom is -0.493 e. The van der Waals surface area contributed by atoms with Crippen LogP contribution in [-0.4, -0.2) is 92.4 Å². The van der Waals surface area contributed by atoms with E-state index in [-0.39, 0.29) is 58.7 Å². The summed E-state index contributed by atoms with van der Waals surface area (Å²) in [5.41, 5.74) is 5.55. The van der Waals surface area contributed by atoms with Gasteiger partial charge in [0.1, 0.15) is 28.7 Å². The molecule has 1 amide bonds. The quantitative estimate of drug-likeness (QED) is 0.0749. The summed E-state index contributed by atoms with van der Waals surface area (Å²) in [5, 5.41) is 13.9. The van der Waals surface area contributed by atoms with Crippen LogP contribution in [0, 0.1) is 27.4 Å². The number of carbonyl (C=O) groups excluding carboxylic acids is 2. The number of nitrogens with one attached hydrogen (secondary N) is 2. The number of pyridine rings is 1. The van der Waals surface area contributed by atoms with E-state index in [1.54, 1.807) is 24.4 Å². The van der Waals surface area contributed by atoms with Crippen LogP contribution < -0.4 is 19.1 Å². The maximum Gasteiger partial charge on any atom is 0.277 e. The number of nitro groups is 1. The Balaban J connectivity index is 0.907. The number of H-pyrrole nitrogens is 1. The summed E-state index contributed by atoms with van der Waals surface area (Å²) in [6.45, 7) is 9.95. The van der Waals surface area contributed by atoms with Gasteiger partial charge in [0.15, 0.2) is 0 Å². The fraction of sp³-hybridized carbons (Fsp3) is 0.431. The lowest BCUT2D eigenvalue weighted by molar-refractivity contribution is -0.386. The first-order valence-electron chi connectivity index (χ1n) is 23.5. The van der Waals surface area contributed by atoms with E-state index in [1.807, 2.05) is 18.2 Å². The molecule has 0 unspecified atom stereocenters. The zero-order valence-corrected chi connectivity index (χ0v) is 40.0. The third-order valence-corrected chi connectivity index (χ3v) is 15.5. The molecule has 5 aromatic rings. The van der Waals surface area contributed by atoms with E-state index in [0.717, 1.165) is 73.9 Å². The number of rotatable bonds is 15. The number of halogens is 1. The molecule has 2 fully saturated rings. The number of fused-ring (bicyclic) bond motifs is 2. The third kappa shape index (κ3) is 10.9. The number of aromatic nitrogens is 2. The van der Waals surface area contributed by atoms with Gasteiger partial charge in [0.2, 0.25) is 0 Å². The molecule has 3 aromatic carbocycles. The Labute approximate surface area is 401 Å². The molecule has 17 heteroatoms. The van der Waals surface area contributed by atoms with Gasteiger partial charge in [-0.2, -0.15) is 0 Å². The highest BCUT2D eigenvalue weighted by atomic mass is 35.5. The number of Topliss-reactive ketones (excluding diaryl/α,β-unsaturated/α-hetero) is 1. The fourth-order valence-electron chi connectivity index (χ4n) is 10.0. The first kappa shape index (κ1) is 47.3. The number of hydrogen-bond acceptors (Lipinski definition) is 12. The number of ether oxygens (including phenoxy) is 3. The summed E-state index contributed by atoms with van der Waals surface area (Å²) >= 11 is 6.25. The lowest BCUT2D eigenvalue weighted by atomic mass is 9.72. The summed E-state index contributed by atoms with van der Waals surface area (Å²) < 4.78 is 47.8. The molecule has 1 atom stereocenters. The monoisotopic (exact) mass is 964 g/mol. The van der Waals surface area contributed by atoms with Gasteiger partial charge in [-0.25, -0.2) is 18.1 Å². The van der Waals surface area contributed by atoms with Gasteiger partial charge < -0.3 is 24.1 Å².